The fourth-order valence-electron chi connectivity index (χ4n) is 2.09. The maximum absolute atomic E-state index is 11.5. The zero-order valence-corrected chi connectivity index (χ0v) is 11.8. The molecule has 1 atom stereocenters. The third kappa shape index (κ3) is 3.68. The molecule has 1 unspecified atom stereocenters. The van der Waals surface area contributed by atoms with Crippen molar-refractivity contribution >= 4 is 5.91 Å². The van der Waals surface area contributed by atoms with Crippen molar-refractivity contribution in [2.45, 2.75) is 13.0 Å². The minimum atomic E-state index is -0.105. The van der Waals surface area contributed by atoms with Gasteiger partial charge in [0.15, 0.2) is 0 Å². The first-order valence-corrected chi connectivity index (χ1v) is 6.64. The van der Waals surface area contributed by atoms with Gasteiger partial charge in [-0.2, -0.15) is 0 Å². The molecule has 0 aliphatic rings. The lowest BCUT2D eigenvalue weighted by atomic mass is 10.0. The van der Waals surface area contributed by atoms with Crippen LogP contribution in [0.5, 0.6) is 0 Å². The predicted molar refractivity (Wildman–Crippen MR) is 80.3 cm³/mol. The summed E-state index contributed by atoms with van der Waals surface area (Å²) in [5.41, 5.74) is 3.44. The molecule has 0 spiro atoms. The molecule has 0 heterocycles. The quantitative estimate of drug-likeness (QED) is 0.905. The van der Waals surface area contributed by atoms with E-state index in [4.69, 9.17) is 4.74 Å². The highest BCUT2D eigenvalue weighted by Crippen LogP contribution is 2.21. The molecule has 0 aromatic heterocycles. The highest BCUT2D eigenvalue weighted by molar-refractivity contribution is 5.77. The molecule has 0 radical (unpaired) electrons. The molecule has 0 aliphatic heterocycles. The van der Waals surface area contributed by atoms with Crippen LogP contribution in [0.3, 0.4) is 0 Å². The molecule has 1 N–H and O–H groups in total. The number of carbonyl (C=O) groups is 1. The van der Waals surface area contributed by atoms with Gasteiger partial charge in [0.1, 0.15) is 6.61 Å². The first kappa shape index (κ1) is 14.3. The molecule has 1 amide bonds. The van der Waals surface area contributed by atoms with Gasteiger partial charge >= 0.3 is 0 Å². The minimum Gasteiger partial charge on any atom is -0.375 e. The van der Waals surface area contributed by atoms with Gasteiger partial charge in [0.05, 0.1) is 6.04 Å². The second-order valence-corrected chi connectivity index (χ2v) is 4.71. The Kier molecular flexibility index (Phi) is 4.91. The van der Waals surface area contributed by atoms with Gasteiger partial charge in [0.2, 0.25) is 5.91 Å². The summed E-state index contributed by atoms with van der Waals surface area (Å²) in [5, 5.41) is 2.89. The Bertz CT molecular complexity index is 549. The van der Waals surface area contributed by atoms with Crippen molar-refractivity contribution in [2.75, 3.05) is 13.7 Å². The largest absolute Gasteiger partial charge is 0.375 e. The summed E-state index contributed by atoms with van der Waals surface area (Å²) in [7, 11) is 1.51. The van der Waals surface area contributed by atoms with Crippen LogP contribution in [0.2, 0.25) is 0 Å². The number of carbonyl (C=O) groups excluding carboxylic acids is 1. The number of ether oxygens (including phenoxy) is 1. The zero-order chi connectivity index (χ0) is 14.4. The van der Waals surface area contributed by atoms with Crippen molar-refractivity contribution < 1.29 is 9.53 Å². The number of hydrogen-bond donors (Lipinski definition) is 1. The van der Waals surface area contributed by atoms with Crippen LogP contribution in [0.4, 0.5) is 0 Å². The molecule has 2 aromatic carbocycles. The van der Waals surface area contributed by atoms with Crippen LogP contribution in [0, 0.1) is 0 Å². The average molecular weight is 269 g/mol. The van der Waals surface area contributed by atoms with Crippen molar-refractivity contribution in [3.8, 4) is 11.1 Å². The fraction of sp³-hybridized carbons (Fsp3) is 0.235. The van der Waals surface area contributed by atoms with Crippen LogP contribution >= 0.6 is 0 Å². The van der Waals surface area contributed by atoms with Crippen LogP contribution in [-0.2, 0) is 9.53 Å². The van der Waals surface area contributed by atoms with Gasteiger partial charge in [-0.3, -0.25) is 4.79 Å². The van der Waals surface area contributed by atoms with Crippen LogP contribution in [-0.4, -0.2) is 19.6 Å². The van der Waals surface area contributed by atoms with Gasteiger partial charge in [-0.15, -0.1) is 0 Å². The maximum Gasteiger partial charge on any atom is 0.246 e. The van der Waals surface area contributed by atoms with Crippen molar-refractivity contribution in [1.29, 1.82) is 0 Å². The van der Waals surface area contributed by atoms with Gasteiger partial charge in [0.25, 0.3) is 0 Å². The SMILES string of the molecule is COCC(=O)NC(C)c1ccc(-c2ccccc2)cc1. The van der Waals surface area contributed by atoms with Gasteiger partial charge in [-0.25, -0.2) is 0 Å². The molecule has 0 saturated carbocycles. The Morgan fingerprint density at radius 1 is 1.05 bits per heavy atom. The van der Waals surface area contributed by atoms with E-state index in [-0.39, 0.29) is 18.6 Å². The summed E-state index contributed by atoms with van der Waals surface area (Å²) in [4.78, 5) is 11.5. The van der Waals surface area contributed by atoms with E-state index in [1.807, 2.05) is 37.3 Å². The highest BCUT2D eigenvalue weighted by Gasteiger charge is 2.09. The van der Waals surface area contributed by atoms with E-state index in [9.17, 15) is 4.79 Å². The second kappa shape index (κ2) is 6.87. The van der Waals surface area contributed by atoms with Gasteiger partial charge < -0.3 is 10.1 Å². The highest BCUT2D eigenvalue weighted by atomic mass is 16.5. The van der Waals surface area contributed by atoms with Crippen LogP contribution in [0.15, 0.2) is 54.6 Å². The Morgan fingerprint density at radius 3 is 2.25 bits per heavy atom. The lowest BCUT2D eigenvalue weighted by molar-refractivity contribution is -0.125. The molecular weight excluding hydrogens is 250 g/mol. The maximum atomic E-state index is 11.5. The van der Waals surface area contributed by atoms with Crippen LogP contribution < -0.4 is 5.32 Å². The second-order valence-electron chi connectivity index (χ2n) is 4.71. The van der Waals surface area contributed by atoms with Crippen molar-refractivity contribution in [1.82, 2.24) is 5.32 Å². The van der Waals surface area contributed by atoms with E-state index in [0.717, 1.165) is 5.56 Å². The molecule has 0 saturated heterocycles. The third-order valence-corrected chi connectivity index (χ3v) is 3.17. The Labute approximate surface area is 119 Å². The molecule has 20 heavy (non-hydrogen) atoms. The third-order valence-electron chi connectivity index (χ3n) is 3.17. The molecule has 0 aliphatic carbocycles. The number of methoxy groups -OCH3 is 1. The van der Waals surface area contributed by atoms with Gasteiger partial charge in [-0.05, 0) is 23.6 Å². The van der Waals surface area contributed by atoms with E-state index >= 15 is 0 Å². The first-order chi connectivity index (χ1) is 9.70. The molecule has 3 nitrogen and oxygen atoms in total. The summed E-state index contributed by atoms with van der Waals surface area (Å²) in [6.07, 6.45) is 0. The summed E-state index contributed by atoms with van der Waals surface area (Å²) >= 11 is 0. The number of benzene rings is 2. The van der Waals surface area contributed by atoms with E-state index < -0.39 is 0 Å². The van der Waals surface area contributed by atoms with Gasteiger partial charge in [0, 0.05) is 7.11 Å². The molecule has 0 fully saturated rings. The monoisotopic (exact) mass is 269 g/mol. The Morgan fingerprint density at radius 2 is 1.65 bits per heavy atom. The summed E-state index contributed by atoms with van der Waals surface area (Å²) in [6.45, 7) is 2.05. The summed E-state index contributed by atoms with van der Waals surface area (Å²) in [6, 6.07) is 18.4. The lowest BCUT2D eigenvalue weighted by Crippen LogP contribution is -2.29. The number of amides is 1. The summed E-state index contributed by atoms with van der Waals surface area (Å²) in [5.74, 6) is -0.105. The van der Waals surface area contributed by atoms with Crippen molar-refractivity contribution in [3.63, 3.8) is 0 Å². The number of hydrogen-bond acceptors (Lipinski definition) is 2. The summed E-state index contributed by atoms with van der Waals surface area (Å²) < 4.78 is 4.81. The standard InChI is InChI=1S/C17H19NO2/c1-13(18-17(19)12-20-2)14-8-10-16(11-9-14)15-6-4-3-5-7-15/h3-11,13H,12H2,1-2H3,(H,18,19). The lowest BCUT2D eigenvalue weighted by Gasteiger charge is -2.14. The molecule has 2 rings (SSSR count). The first-order valence-electron chi connectivity index (χ1n) is 6.64. The predicted octanol–water partition coefficient (Wildman–Crippen LogP) is 3.18. The fourth-order valence-corrected chi connectivity index (χ4v) is 2.09. The molecule has 3 heteroatoms. The Balaban J connectivity index is 2.06. The van der Waals surface area contributed by atoms with E-state index in [1.165, 1.54) is 18.2 Å². The van der Waals surface area contributed by atoms with Gasteiger partial charge in [-0.1, -0.05) is 54.6 Å². The molecule has 104 valence electrons. The zero-order valence-electron chi connectivity index (χ0n) is 11.8. The van der Waals surface area contributed by atoms with Crippen molar-refractivity contribution in [2.24, 2.45) is 0 Å². The molecule has 2 aromatic rings. The normalized spacial score (nSPS) is 11.9. The molecule has 0 bridgehead atoms. The molecular formula is C17H19NO2. The smallest absolute Gasteiger partial charge is 0.246 e. The minimum absolute atomic E-state index is 0.0255. The van der Waals surface area contributed by atoms with Crippen LogP contribution in [0.25, 0.3) is 11.1 Å². The van der Waals surface area contributed by atoms with Crippen molar-refractivity contribution in [3.05, 3.63) is 60.2 Å². The Hall–Kier alpha value is -2.13. The van der Waals surface area contributed by atoms with Crippen LogP contribution in [0.1, 0.15) is 18.5 Å². The van der Waals surface area contributed by atoms with E-state index in [1.54, 1.807) is 0 Å². The van der Waals surface area contributed by atoms with E-state index in [2.05, 4.69) is 29.6 Å². The average Bonchev–Trinajstić information content (AvgIpc) is 2.48. The topological polar surface area (TPSA) is 38.3 Å². The number of nitrogens with one attached hydrogen (secondary N) is 1. The number of rotatable bonds is 5. The van der Waals surface area contributed by atoms with E-state index in [0.29, 0.717) is 0 Å².